The smallest absolute Gasteiger partial charge is 0.248 e. The van der Waals surface area contributed by atoms with Crippen molar-refractivity contribution in [2.75, 3.05) is 0 Å². The van der Waals surface area contributed by atoms with Crippen molar-refractivity contribution in [3.63, 3.8) is 0 Å². The van der Waals surface area contributed by atoms with E-state index in [1.165, 1.54) is 56.2 Å². The van der Waals surface area contributed by atoms with Crippen LogP contribution in [0.4, 0.5) is 8.78 Å². The van der Waals surface area contributed by atoms with Crippen LogP contribution in [0, 0.1) is 28.1 Å². The maximum atomic E-state index is 12.8. The SMILES string of the molecule is CC(C)(C)C1CCC(F)(F)CC1.CC(C)(C)C1CCCCC1.CC(C)(C)c1ccccc1.CC(C)(C)c1cscn1.CCCC(C)(C)C. The molecule has 0 amide bonds. The van der Waals surface area contributed by atoms with Crippen LogP contribution < -0.4 is 0 Å². The fourth-order valence-electron chi connectivity index (χ4n) is 6.15. The number of aromatic nitrogens is 1. The molecule has 0 atom stereocenters. The van der Waals surface area contributed by atoms with E-state index in [0.29, 0.717) is 35.0 Å². The normalized spacial score (nSPS) is 17.6. The molecule has 1 heterocycles. The van der Waals surface area contributed by atoms with Crippen LogP contribution in [0.5, 0.6) is 0 Å². The lowest BCUT2D eigenvalue weighted by Gasteiger charge is -2.36. The van der Waals surface area contributed by atoms with Gasteiger partial charge >= 0.3 is 0 Å². The van der Waals surface area contributed by atoms with Gasteiger partial charge in [0.15, 0.2) is 0 Å². The summed E-state index contributed by atoms with van der Waals surface area (Å²) in [6.45, 7) is 35.8. The number of hydrogen-bond donors (Lipinski definition) is 0. The molecule has 2 saturated carbocycles. The minimum atomic E-state index is -2.37. The minimum Gasteiger partial charge on any atom is -0.249 e. The summed E-state index contributed by atoms with van der Waals surface area (Å²) in [7, 11) is 0. The van der Waals surface area contributed by atoms with E-state index in [1.807, 2.05) is 5.51 Å². The van der Waals surface area contributed by atoms with E-state index in [1.54, 1.807) is 11.3 Å². The maximum Gasteiger partial charge on any atom is 0.248 e. The Morgan fingerprint density at radius 1 is 0.667 bits per heavy atom. The number of rotatable bonds is 1. The zero-order valence-corrected chi connectivity index (χ0v) is 35.4. The van der Waals surface area contributed by atoms with Crippen LogP contribution in [0.15, 0.2) is 41.2 Å². The van der Waals surface area contributed by atoms with Crippen molar-refractivity contribution in [2.24, 2.45) is 28.1 Å². The van der Waals surface area contributed by atoms with Crippen LogP contribution >= 0.6 is 11.3 Å². The quantitative estimate of drug-likeness (QED) is 0.290. The molecule has 280 valence electrons. The molecule has 1 nitrogen and oxygen atoms in total. The Morgan fingerprint density at radius 2 is 1.12 bits per heavy atom. The van der Waals surface area contributed by atoms with E-state index in [-0.39, 0.29) is 23.7 Å². The van der Waals surface area contributed by atoms with Crippen LogP contribution in [-0.2, 0) is 10.8 Å². The van der Waals surface area contributed by atoms with Crippen molar-refractivity contribution in [3.05, 3.63) is 52.5 Å². The highest BCUT2D eigenvalue weighted by Gasteiger charge is 2.38. The molecule has 2 aromatic rings. The molecule has 0 bridgehead atoms. The van der Waals surface area contributed by atoms with Gasteiger partial charge in [-0.2, -0.15) is 0 Å². The van der Waals surface area contributed by atoms with Crippen LogP contribution in [0.2, 0.25) is 0 Å². The summed E-state index contributed by atoms with van der Waals surface area (Å²) >= 11 is 1.66. The first-order valence-corrected chi connectivity index (χ1v) is 20.0. The van der Waals surface area contributed by atoms with Gasteiger partial charge in [0.05, 0.1) is 11.2 Å². The van der Waals surface area contributed by atoms with Gasteiger partial charge in [0.1, 0.15) is 0 Å². The number of hydrogen-bond acceptors (Lipinski definition) is 2. The average Bonchev–Trinajstić information content (AvgIpc) is 3.50. The fraction of sp³-hybridized carbons (Fsp3) is 0.795. The zero-order valence-electron chi connectivity index (χ0n) is 34.6. The summed E-state index contributed by atoms with van der Waals surface area (Å²) < 4.78 is 25.5. The third-order valence-corrected chi connectivity index (χ3v) is 10.2. The van der Waals surface area contributed by atoms with E-state index >= 15 is 0 Å². The molecule has 4 heteroatoms. The second-order valence-corrected chi connectivity index (χ2v) is 20.5. The molecule has 0 unspecified atom stereocenters. The summed E-state index contributed by atoms with van der Waals surface area (Å²) in [6.07, 6.45) is 11.6. The molecule has 0 N–H and O–H groups in total. The van der Waals surface area contributed by atoms with Crippen LogP contribution in [-0.4, -0.2) is 10.9 Å². The summed E-state index contributed by atoms with van der Waals surface area (Å²) in [5.74, 6) is -0.889. The van der Waals surface area contributed by atoms with Gasteiger partial charge in [-0.3, -0.25) is 0 Å². The summed E-state index contributed by atoms with van der Waals surface area (Å²) in [5.41, 5.74) is 6.30. The lowest BCUT2D eigenvalue weighted by atomic mass is 9.71. The van der Waals surface area contributed by atoms with Gasteiger partial charge in [0.25, 0.3) is 0 Å². The topological polar surface area (TPSA) is 12.9 Å². The number of nitrogens with zero attached hydrogens (tertiary/aromatic N) is 1. The Hall–Kier alpha value is -1.29. The van der Waals surface area contributed by atoms with E-state index in [9.17, 15) is 8.78 Å². The highest BCUT2D eigenvalue weighted by Crippen LogP contribution is 2.43. The van der Waals surface area contributed by atoms with Crippen molar-refractivity contribution in [2.45, 2.75) is 198 Å². The third kappa shape index (κ3) is 22.4. The number of benzene rings is 1. The standard InChI is InChI=1S/C10H18F2.C10H20.C10H14.C7H11NS.C7H16/c1-9(2,3)8-4-6-10(11,12)7-5-8;2*1-10(2,3)9-7-5-4-6-8-9;1-7(2,3)6-4-9-5-8-6;1-5-6-7(2,3)4/h8H,4-7H2,1-3H3;9H,4-8H2,1-3H3;4-8H,1-3H3;4-5H,1-3H3;5-6H2,1-4H3. The third-order valence-electron chi connectivity index (χ3n) is 9.61. The van der Waals surface area contributed by atoms with Gasteiger partial charge in [-0.05, 0) is 71.2 Å². The van der Waals surface area contributed by atoms with Crippen LogP contribution in [0.25, 0.3) is 0 Å². The zero-order chi connectivity index (χ0) is 37.5. The fourth-order valence-corrected chi connectivity index (χ4v) is 6.92. The second-order valence-electron chi connectivity index (χ2n) is 19.7. The number of halogens is 2. The van der Waals surface area contributed by atoms with E-state index < -0.39 is 5.92 Å². The van der Waals surface area contributed by atoms with Crippen molar-refractivity contribution < 1.29 is 8.78 Å². The predicted molar refractivity (Wildman–Crippen MR) is 213 cm³/mol. The Balaban J connectivity index is 0.000000581. The molecule has 4 rings (SSSR count). The van der Waals surface area contributed by atoms with Crippen molar-refractivity contribution in [1.82, 2.24) is 4.98 Å². The Bertz CT molecular complexity index is 1040. The first-order chi connectivity index (χ1) is 21.7. The van der Waals surface area contributed by atoms with Gasteiger partial charge in [0, 0.05) is 23.6 Å². The second kappa shape index (κ2) is 20.5. The maximum absolute atomic E-state index is 12.8. The lowest BCUT2D eigenvalue weighted by molar-refractivity contribution is -0.0583. The van der Waals surface area contributed by atoms with E-state index in [2.05, 4.69) is 151 Å². The predicted octanol–water partition coefficient (Wildman–Crippen LogP) is 15.7. The van der Waals surface area contributed by atoms with Gasteiger partial charge < -0.3 is 0 Å². The van der Waals surface area contributed by atoms with Crippen LogP contribution in [0.3, 0.4) is 0 Å². The average molecular weight is 692 g/mol. The molecule has 2 aliphatic rings. The van der Waals surface area contributed by atoms with Gasteiger partial charge in [-0.25, -0.2) is 13.8 Å². The molecule has 0 saturated heterocycles. The Labute approximate surface area is 302 Å². The number of alkyl halides is 2. The van der Waals surface area contributed by atoms with Gasteiger partial charge in [0.2, 0.25) is 5.92 Å². The molecule has 1 aromatic heterocycles. The molecule has 2 aliphatic carbocycles. The summed E-state index contributed by atoms with van der Waals surface area (Å²) in [4.78, 5) is 4.21. The van der Waals surface area contributed by atoms with Crippen molar-refractivity contribution in [1.29, 1.82) is 0 Å². The lowest BCUT2D eigenvalue weighted by Crippen LogP contribution is -2.31. The monoisotopic (exact) mass is 692 g/mol. The molecular weight excluding hydrogens is 613 g/mol. The first kappa shape index (κ1) is 46.7. The summed E-state index contributed by atoms with van der Waals surface area (Å²) in [5, 5.41) is 2.10. The van der Waals surface area contributed by atoms with Crippen molar-refractivity contribution in [3.8, 4) is 0 Å². The number of thiazole rings is 1. The van der Waals surface area contributed by atoms with Gasteiger partial charge in [-0.1, -0.05) is 167 Å². The minimum absolute atomic E-state index is 0.0922. The van der Waals surface area contributed by atoms with Gasteiger partial charge in [-0.15, -0.1) is 11.3 Å². The molecule has 0 radical (unpaired) electrons. The molecule has 0 aliphatic heterocycles. The molecule has 2 fully saturated rings. The van der Waals surface area contributed by atoms with E-state index in [0.717, 1.165) is 5.92 Å². The van der Waals surface area contributed by atoms with E-state index in [4.69, 9.17) is 0 Å². The molecule has 48 heavy (non-hydrogen) atoms. The Kier molecular flexibility index (Phi) is 20.0. The summed E-state index contributed by atoms with van der Waals surface area (Å²) in [6, 6.07) is 10.6. The first-order valence-electron chi connectivity index (χ1n) is 19.0. The Morgan fingerprint density at radius 3 is 1.38 bits per heavy atom. The molecule has 1 aromatic carbocycles. The molecule has 0 spiro atoms. The highest BCUT2D eigenvalue weighted by molar-refractivity contribution is 7.07. The molecular formula is C44H79F2NS. The highest BCUT2D eigenvalue weighted by atomic mass is 32.1. The largest absolute Gasteiger partial charge is 0.249 e. The van der Waals surface area contributed by atoms with Crippen molar-refractivity contribution >= 4 is 11.3 Å². The van der Waals surface area contributed by atoms with Crippen LogP contribution in [0.1, 0.15) is 193 Å².